The van der Waals surface area contributed by atoms with E-state index < -0.39 is 9.84 Å². The largest absolute Gasteiger partial charge is 0.396 e. The SMILES string of the molecule is CS(=O)(=O)c1cccc(CCCO)c1. The Balaban J connectivity index is 2.90. The van der Waals surface area contributed by atoms with Crippen LogP contribution in [0.5, 0.6) is 0 Å². The van der Waals surface area contributed by atoms with Crippen molar-refractivity contribution in [1.29, 1.82) is 0 Å². The van der Waals surface area contributed by atoms with Gasteiger partial charge in [-0.15, -0.1) is 0 Å². The first-order chi connectivity index (χ1) is 6.54. The van der Waals surface area contributed by atoms with E-state index in [1.54, 1.807) is 18.2 Å². The Bertz CT molecular complexity index is 396. The van der Waals surface area contributed by atoms with E-state index in [-0.39, 0.29) is 6.61 Å². The zero-order valence-electron chi connectivity index (χ0n) is 8.10. The molecule has 1 N–H and O–H groups in total. The summed E-state index contributed by atoms with van der Waals surface area (Å²) < 4.78 is 22.4. The Morgan fingerprint density at radius 1 is 1.36 bits per heavy atom. The summed E-state index contributed by atoms with van der Waals surface area (Å²) in [7, 11) is -3.11. The molecule has 3 nitrogen and oxygen atoms in total. The predicted molar refractivity (Wildman–Crippen MR) is 55.0 cm³/mol. The second kappa shape index (κ2) is 4.57. The molecule has 1 rings (SSSR count). The van der Waals surface area contributed by atoms with Gasteiger partial charge in [0.1, 0.15) is 0 Å². The van der Waals surface area contributed by atoms with E-state index in [2.05, 4.69) is 0 Å². The lowest BCUT2D eigenvalue weighted by Gasteiger charge is -2.02. The molecule has 0 saturated carbocycles. The molecule has 0 amide bonds. The first kappa shape index (κ1) is 11.2. The molecule has 14 heavy (non-hydrogen) atoms. The van der Waals surface area contributed by atoms with Crippen molar-refractivity contribution in [2.24, 2.45) is 0 Å². The van der Waals surface area contributed by atoms with Crippen molar-refractivity contribution in [2.45, 2.75) is 17.7 Å². The fourth-order valence-electron chi connectivity index (χ4n) is 1.21. The average molecular weight is 214 g/mol. The molecule has 1 aromatic carbocycles. The third kappa shape index (κ3) is 3.12. The number of benzene rings is 1. The van der Waals surface area contributed by atoms with Gasteiger partial charge in [-0.3, -0.25) is 0 Å². The molecule has 0 unspecified atom stereocenters. The summed E-state index contributed by atoms with van der Waals surface area (Å²) in [6.45, 7) is 0.128. The Kier molecular flexibility index (Phi) is 3.66. The predicted octanol–water partition coefficient (Wildman–Crippen LogP) is 1.02. The van der Waals surface area contributed by atoms with E-state index in [0.717, 1.165) is 5.56 Å². The van der Waals surface area contributed by atoms with E-state index >= 15 is 0 Å². The smallest absolute Gasteiger partial charge is 0.175 e. The van der Waals surface area contributed by atoms with E-state index in [9.17, 15) is 8.42 Å². The van der Waals surface area contributed by atoms with Gasteiger partial charge in [0.05, 0.1) is 4.90 Å². The van der Waals surface area contributed by atoms with Crippen molar-refractivity contribution in [3.05, 3.63) is 29.8 Å². The van der Waals surface area contributed by atoms with Crippen molar-refractivity contribution in [2.75, 3.05) is 12.9 Å². The van der Waals surface area contributed by atoms with Crippen molar-refractivity contribution in [1.82, 2.24) is 0 Å². The maximum Gasteiger partial charge on any atom is 0.175 e. The zero-order valence-corrected chi connectivity index (χ0v) is 8.92. The Morgan fingerprint density at radius 3 is 2.64 bits per heavy atom. The Hall–Kier alpha value is -0.870. The van der Waals surface area contributed by atoms with Crippen molar-refractivity contribution in [3.63, 3.8) is 0 Å². The second-order valence-electron chi connectivity index (χ2n) is 3.25. The van der Waals surface area contributed by atoms with Crippen LogP contribution in [0.25, 0.3) is 0 Å². The second-order valence-corrected chi connectivity index (χ2v) is 5.26. The third-order valence-electron chi connectivity index (χ3n) is 1.95. The average Bonchev–Trinajstić information content (AvgIpc) is 2.14. The highest BCUT2D eigenvalue weighted by molar-refractivity contribution is 7.90. The molecule has 0 saturated heterocycles. The van der Waals surface area contributed by atoms with Gasteiger partial charge in [-0.25, -0.2) is 8.42 Å². The summed E-state index contributed by atoms with van der Waals surface area (Å²) in [5.74, 6) is 0. The van der Waals surface area contributed by atoms with Gasteiger partial charge >= 0.3 is 0 Å². The molecule has 0 aliphatic rings. The minimum absolute atomic E-state index is 0.128. The molecule has 0 aromatic heterocycles. The molecular formula is C10H14O3S. The normalized spacial score (nSPS) is 11.6. The fourth-order valence-corrected chi connectivity index (χ4v) is 1.91. The van der Waals surface area contributed by atoms with Crippen LogP contribution in [-0.4, -0.2) is 26.4 Å². The molecule has 0 bridgehead atoms. The van der Waals surface area contributed by atoms with Crippen LogP contribution in [0.4, 0.5) is 0 Å². The quantitative estimate of drug-likeness (QED) is 0.814. The summed E-state index contributed by atoms with van der Waals surface area (Å²) in [4.78, 5) is 0.341. The van der Waals surface area contributed by atoms with Gasteiger partial charge in [-0.05, 0) is 30.5 Å². The standard InChI is InChI=1S/C10H14O3S/c1-14(12,13)10-6-2-4-9(8-10)5-3-7-11/h2,4,6,8,11H,3,5,7H2,1H3. The molecule has 0 radical (unpaired) electrons. The molecule has 1 aromatic rings. The number of rotatable bonds is 4. The van der Waals surface area contributed by atoms with Gasteiger partial charge in [0.2, 0.25) is 0 Å². The van der Waals surface area contributed by atoms with Crippen LogP contribution in [0, 0.1) is 0 Å². The summed E-state index contributed by atoms with van der Waals surface area (Å²) in [5.41, 5.74) is 0.946. The molecule has 78 valence electrons. The molecular weight excluding hydrogens is 200 g/mol. The summed E-state index contributed by atoms with van der Waals surface area (Å²) in [6, 6.07) is 6.83. The van der Waals surface area contributed by atoms with Crippen LogP contribution >= 0.6 is 0 Å². The molecule has 0 atom stereocenters. The minimum atomic E-state index is -3.11. The minimum Gasteiger partial charge on any atom is -0.396 e. The first-order valence-electron chi connectivity index (χ1n) is 4.44. The maximum absolute atomic E-state index is 11.2. The number of sulfone groups is 1. The van der Waals surface area contributed by atoms with Crippen LogP contribution in [-0.2, 0) is 16.3 Å². The summed E-state index contributed by atoms with van der Waals surface area (Å²) in [6.07, 6.45) is 2.56. The lowest BCUT2D eigenvalue weighted by molar-refractivity contribution is 0.288. The van der Waals surface area contributed by atoms with E-state index in [0.29, 0.717) is 17.7 Å². The molecule has 0 fully saturated rings. The number of hydrogen-bond donors (Lipinski definition) is 1. The summed E-state index contributed by atoms with van der Waals surface area (Å²) in [5, 5.41) is 8.64. The first-order valence-corrected chi connectivity index (χ1v) is 6.33. The van der Waals surface area contributed by atoms with Crippen molar-refractivity contribution < 1.29 is 13.5 Å². The molecule has 0 heterocycles. The monoisotopic (exact) mass is 214 g/mol. The number of hydrogen-bond acceptors (Lipinski definition) is 3. The van der Waals surface area contributed by atoms with Crippen LogP contribution in [0.2, 0.25) is 0 Å². The van der Waals surface area contributed by atoms with Gasteiger partial charge in [0.15, 0.2) is 9.84 Å². The number of aliphatic hydroxyl groups is 1. The Labute approximate surface area is 84.3 Å². The number of aryl methyl sites for hydroxylation is 1. The van der Waals surface area contributed by atoms with Crippen molar-refractivity contribution >= 4 is 9.84 Å². The highest BCUT2D eigenvalue weighted by Gasteiger charge is 2.06. The molecule has 0 aliphatic heterocycles. The molecule has 0 aliphatic carbocycles. The maximum atomic E-state index is 11.2. The molecule has 0 spiro atoms. The van der Waals surface area contributed by atoms with Crippen LogP contribution in [0.15, 0.2) is 29.2 Å². The van der Waals surface area contributed by atoms with E-state index in [1.807, 2.05) is 6.07 Å². The third-order valence-corrected chi connectivity index (χ3v) is 3.06. The van der Waals surface area contributed by atoms with Crippen LogP contribution in [0.3, 0.4) is 0 Å². The van der Waals surface area contributed by atoms with Gasteiger partial charge in [-0.1, -0.05) is 12.1 Å². The van der Waals surface area contributed by atoms with E-state index in [1.165, 1.54) is 6.26 Å². The van der Waals surface area contributed by atoms with Gasteiger partial charge in [0.25, 0.3) is 0 Å². The summed E-state index contributed by atoms with van der Waals surface area (Å²) >= 11 is 0. The fraction of sp³-hybridized carbons (Fsp3) is 0.400. The van der Waals surface area contributed by atoms with Gasteiger partial charge in [-0.2, -0.15) is 0 Å². The highest BCUT2D eigenvalue weighted by atomic mass is 32.2. The highest BCUT2D eigenvalue weighted by Crippen LogP contribution is 2.12. The van der Waals surface area contributed by atoms with Crippen molar-refractivity contribution in [3.8, 4) is 0 Å². The molecule has 4 heteroatoms. The Morgan fingerprint density at radius 2 is 2.07 bits per heavy atom. The topological polar surface area (TPSA) is 54.4 Å². The van der Waals surface area contributed by atoms with E-state index in [4.69, 9.17) is 5.11 Å². The zero-order chi connectivity index (χ0) is 10.6. The van der Waals surface area contributed by atoms with Gasteiger partial charge in [0, 0.05) is 12.9 Å². The lowest BCUT2D eigenvalue weighted by Crippen LogP contribution is -1.98. The van der Waals surface area contributed by atoms with Crippen LogP contribution in [0.1, 0.15) is 12.0 Å². The number of aliphatic hydroxyl groups excluding tert-OH is 1. The van der Waals surface area contributed by atoms with Gasteiger partial charge < -0.3 is 5.11 Å². The lowest BCUT2D eigenvalue weighted by atomic mass is 10.1. The van der Waals surface area contributed by atoms with Crippen LogP contribution < -0.4 is 0 Å².